The second kappa shape index (κ2) is 6.89. The first-order valence-electron chi connectivity index (χ1n) is 7.02. The number of rotatable bonds is 2. The van der Waals surface area contributed by atoms with Crippen LogP contribution in [0.15, 0.2) is 10.8 Å². The van der Waals surface area contributed by atoms with E-state index in [1.807, 2.05) is 17.2 Å². The van der Waals surface area contributed by atoms with Crippen LogP contribution in [0.4, 0.5) is 0 Å². The smallest absolute Gasteiger partial charge is 0.255 e. The lowest BCUT2D eigenvalue weighted by Gasteiger charge is -2.32. The standard InChI is InChI=1S/C14H21N3OS.ClH/c1-11-9-19-10-13(11)14(18)17-5-2-12(8-17)16-6-3-15-4-7-16;/h9-10,12,15H,2-8H2,1H3;1H. The average molecular weight is 316 g/mol. The number of likely N-dealkylation sites (tertiary alicyclic amines) is 1. The van der Waals surface area contributed by atoms with Gasteiger partial charge in [0.05, 0.1) is 5.56 Å². The van der Waals surface area contributed by atoms with Crippen LogP contribution >= 0.6 is 23.7 Å². The Morgan fingerprint density at radius 2 is 2.05 bits per heavy atom. The van der Waals surface area contributed by atoms with Crippen molar-refractivity contribution >= 4 is 29.7 Å². The number of aryl methyl sites for hydroxylation is 1. The van der Waals surface area contributed by atoms with Crippen LogP contribution in [0.2, 0.25) is 0 Å². The zero-order valence-electron chi connectivity index (χ0n) is 11.8. The van der Waals surface area contributed by atoms with Gasteiger partial charge >= 0.3 is 0 Å². The molecule has 2 saturated heterocycles. The molecule has 4 nitrogen and oxygen atoms in total. The summed E-state index contributed by atoms with van der Waals surface area (Å²) in [5.74, 6) is 0.219. The molecule has 20 heavy (non-hydrogen) atoms. The highest BCUT2D eigenvalue weighted by Crippen LogP contribution is 2.21. The molecule has 6 heteroatoms. The van der Waals surface area contributed by atoms with Gasteiger partial charge in [0, 0.05) is 50.7 Å². The van der Waals surface area contributed by atoms with Crippen LogP contribution in [0.1, 0.15) is 22.3 Å². The van der Waals surface area contributed by atoms with E-state index in [4.69, 9.17) is 0 Å². The molecule has 1 atom stereocenters. The number of hydrogen-bond acceptors (Lipinski definition) is 4. The summed E-state index contributed by atoms with van der Waals surface area (Å²) in [4.78, 5) is 17.0. The van der Waals surface area contributed by atoms with E-state index >= 15 is 0 Å². The number of amides is 1. The number of nitrogens with one attached hydrogen (secondary N) is 1. The van der Waals surface area contributed by atoms with Gasteiger partial charge in [0.2, 0.25) is 0 Å². The van der Waals surface area contributed by atoms with E-state index < -0.39 is 0 Å². The van der Waals surface area contributed by atoms with E-state index in [1.54, 1.807) is 11.3 Å². The van der Waals surface area contributed by atoms with Gasteiger partial charge in [-0.1, -0.05) is 0 Å². The van der Waals surface area contributed by atoms with Gasteiger partial charge in [0.15, 0.2) is 0 Å². The highest BCUT2D eigenvalue weighted by molar-refractivity contribution is 7.08. The third-order valence-electron chi connectivity index (χ3n) is 4.20. The lowest BCUT2D eigenvalue weighted by Crippen LogP contribution is -2.49. The molecule has 1 aromatic rings. The molecule has 1 amide bonds. The second-order valence-corrected chi connectivity index (χ2v) is 6.19. The SMILES string of the molecule is Cc1cscc1C(=O)N1CCC(N2CCNCC2)C1.Cl. The first-order valence-corrected chi connectivity index (χ1v) is 7.97. The molecule has 0 spiro atoms. The van der Waals surface area contributed by atoms with Crippen molar-refractivity contribution in [3.05, 3.63) is 21.9 Å². The fourth-order valence-electron chi connectivity index (χ4n) is 3.02. The van der Waals surface area contributed by atoms with Crippen LogP contribution in [0.3, 0.4) is 0 Å². The summed E-state index contributed by atoms with van der Waals surface area (Å²) in [6.07, 6.45) is 1.12. The zero-order chi connectivity index (χ0) is 13.2. The molecule has 112 valence electrons. The van der Waals surface area contributed by atoms with Gasteiger partial charge in [-0.25, -0.2) is 0 Å². The van der Waals surface area contributed by atoms with Crippen LogP contribution in [0.5, 0.6) is 0 Å². The van der Waals surface area contributed by atoms with Crippen molar-refractivity contribution in [2.45, 2.75) is 19.4 Å². The Morgan fingerprint density at radius 1 is 1.30 bits per heavy atom. The lowest BCUT2D eigenvalue weighted by atomic mass is 10.2. The summed E-state index contributed by atoms with van der Waals surface area (Å²) in [6.45, 7) is 8.21. The largest absolute Gasteiger partial charge is 0.337 e. The number of carbonyl (C=O) groups excluding carboxylic acids is 1. The Hall–Kier alpha value is -0.620. The Labute approximate surface area is 130 Å². The first kappa shape index (κ1) is 15.8. The molecule has 0 radical (unpaired) electrons. The molecule has 1 N–H and O–H groups in total. The van der Waals surface area contributed by atoms with Crippen LogP contribution in [0.25, 0.3) is 0 Å². The molecule has 3 rings (SSSR count). The van der Waals surface area contributed by atoms with E-state index in [0.29, 0.717) is 6.04 Å². The van der Waals surface area contributed by atoms with E-state index in [-0.39, 0.29) is 18.3 Å². The minimum Gasteiger partial charge on any atom is -0.337 e. The van der Waals surface area contributed by atoms with Crippen LogP contribution in [-0.2, 0) is 0 Å². The molecule has 1 aromatic heterocycles. The van der Waals surface area contributed by atoms with Gasteiger partial charge < -0.3 is 10.2 Å². The summed E-state index contributed by atoms with van der Waals surface area (Å²) in [7, 11) is 0. The van der Waals surface area contributed by atoms with E-state index in [9.17, 15) is 4.79 Å². The molecule has 2 aliphatic heterocycles. The van der Waals surface area contributed by atoms with Crippen LogP contribution in [-0.4, -0.2) is 61.0 Å². The Bertz CT molecular complexity index is 459. The van der Waals surface area contributed by atoms with Crippen molar-refractivity contribution in [3.63, 3.8) is 0 Å². The summed E-state index contributed by atoms with van der Waals surface area (Å²) < 4.78 is 0. The van der Waals surface area contributed by atoms with Gasteiger partial charge in [-0.2, -0.15) is 11.3 Å². The maximum Gasteiger partial charge on any atom is 0.255 e. The van der Waals surface area contributed by atoms with E-state index in [2.05, 4.69) is 15.6 Å². The molecule has 0 aromatic carbocycles. The summed E-state index contributed by atoms with van der Waals surface area (Å²) in [5.41, 5.74) is 2.01. The number of thiophene rings is 1. The minimum atomic E-state index is 0. The molecule has 2 aliphatic rings. The minimum absolute atomic E-state index is 0. The van der Waals surface area contributed by atoms with Crippen LogP contribution < -0.4 is 5.32 Å². The molecule has 0 aliphatic carbocycles. The number of hydrogen-bond donors (Lipinski definition) is 1. The summed E-state index contributed by atoms with van der Waals surface area (Å²) in [5, 5.41) is 7.42. The van der Waals surface area contributed by atoms with Crippen molar-refractivity contribution in [2.24, 2.45) is 0 Å². The maximum atomic E-state index is 12.5. The molecular formula is C14H22ClN3OS. The number of carbonyl (C=O) groups is 1. The van der Waals surface area contributed by atoms with Gasteiger partial charge in [-0.3, -0.25) is 9.69 Å². The van der Waals surface area contributed by atoms with Crippen molar-refractivity contribution in [3.8, 4) is 0 Å². The first-order chi connectivity index (χ1) is 9.25. The maximum absolute atomic E-state index is 12.5. The van der Waals surface area contributed by atoms with Crippen molar-refractivity contribution < 1.29 is 4.79 Å². The van der Waals surface area contributed by atoms with Crippen LogP contribution in [0, 0.1) is 6.92 Å². The predicted molar refractivity (Wildman–Crippen MR) is 85.1 cm³/mol. The van der Waals surface area contributed by atoms with Crippen molar-refractivity contribution in [1.29, 1.82) is 0 Å². The molecule has 3 heterocycles. The molecule has 2 fully saturated rings. The summed E-state index contributed by atoms with van der Waals surface area (Å²) in [6, 6.07) is 0.560. The monoisotopic (exact) mass is 315 g/mol. The van der Waals surface area contributed by atoms with Gasteiger partial charge in [0.25, 0.3) is 5.91 Å². The highest BCUT2D eigenvalue weighted by atomic mass is 35.5. The Morgan fingerprint density at radius 3 is 2.70 bits per heavy atom. The fraction of sp³-hybridized carbons (Fsp3) is 0.643. The Kier molecular flexibility index (Phi) is 5.43. The predicted octanol–water partition coefficient (Wildman–Crippen LogP) is 1.60. The van der Waals surface area contributed by atoms with Gasteiger partial charge in [-0.15, -0.1) is 12.4 Å². The topological polar surface area (TPSA) is 35.6 Å². The number of halogens is 1. The normalized spacial score (nSPS) is 23.6. The highest BCUT2D eigenvalue weighted by Gasteiger charge is 2.31. The van der Waals surface area contributed by atoms with Crippen molar-refractivity contribution in [1.82, 2.24) is 15.1 Å². The summed E-state index contributed by atoms with van der Waals surface area (Å²) >= 11 is 1.62. The Balaban J connectivity index is 0.00000147. The quantitative estimate of drug-likeness (QED) is 0.900. The van der Waals surface area contributed by atoms with Gasteiger partial charge in [-0.05, 0) is 24.3 Å². The fourth-order valence-corrected chi connectivity index (χ4v) is 3.84. The molecule has 0 bridgehead atoms. The van der Waals surface area contributed by atoms with E-state index in [0.717, 1.165) is 56.8 Å². The third kappa shape index (κ3) is 3.17. The number of piperazine rings is 1. The zero-order valence-corrected chi connectivity index (χ0v) is 13.4. The molecule has 1 unspecified atom stereocenters. The van der Waals surface area contributed by atoms with Crippen molar-refractivity contribution in [2.75, 3.05) is 39.3 Å². The van der Waals surface area contributed by atoms with E-state index in [1.165, 1.54) is 0 Å². The third-order valence-corrected chi connectivity index (χ3v) is 5.07. The van der Waals surface area contributed by atoms with Gasteiger partial charge in [0.1, 0.15) is 0 Å². The lowest BCUT2D eigenvalue weighted by molar-refractivity contribution is 0.0773. The second-order valence-electron chi connectivity index (χ2n) is 5.45. The molecule has 0 saturated carbocycles. The average Bonchev–Trinajstić information content (AvgIpc) is 3.08. The molecular weight excluding hydrogens is 294 g/mol. The number of nitrogens with zero attached hydrogens (tertiary/aromatic N) is 2.